The van der Waals surface area contributed by atoms with Crippen LogP contribution in [0.5, 0.6) is 0 Å². The smallest absolute Gasteiger partial charge is 0.227 e. The third-order valence-electron chi connectivity index (χ3n) is 6.57. The minimum Gasteiger partial charge on any atom is -0.385 e. The van der Waals surface area contributed by atoms with E-state index >= 15 is 0 Å². The SMILES string of the molecule is O=C1CC2(CCN(CC(O)c3ccc(-n4cnnn4)nn3)CC2)CN1C1=CS(=O)(=O)CC1. The van der Waals surface area contributed by atoms with Gasteiger partial charge in [-0.05, 0) is 53.9 Å². The summed E-state index contributed by atoms with van der Waals surface area (Å²) in [6, 6.07) is 3.40. The fourth-order valence-corrected chi connectivity index (χ4v) is 5.98. The number of β-amino-alcohol motifs (C(OH)–C–C–N with tert-alkyl or cyclic N) is 1. The van der Waals surface area contributed by atoms with E-state index < -0.39 is 15.9 Å². The second-order valence-corrected chi connectivity index (χ2v) is 10.7. The lowest BCUT2D eigenvalue weighted by Crippen LogP contribution is -2.43. The van der Waals surface area contributed by atoms with Gasteiger partial charge in [-0.25, -0.2) is 8.42 Å². The van der Waals surface area contributed by atoms with Crippen molar-refractivity contribution in [2.75, 3.05) is 31.9 Å². The van der Waals surface area contributed by atoms with E-state index in [-0.39, 0.29) is 17.1 Å². The van der Waals surface area contributed by atoms with Crippen LogP contribution in [0.25, 0.3) is 5.82 Å². The van der Waals surface area contributed by atoms with Gasteiger partial charge in [0.05, 0.1) is 16.9 Å². The Hall–Kier alpha value is -2.77. The zero-order chi connectivity index (χ0) is 22.3. The number of rotatable bonds is 5. The molecule has 1 N–H and O–H groups in total. The van der Waals surface area contributed by atoms with Crippen LogP contribution in [-0.4, -0.2) is 91.6 Å². The Morgan fingerprint density at radius 2 is 2.00 bits per heavy atom. The number of nitrogens with zero attached hydrogens (tertiary/aromatic N) is 8. The molecule has 5 heterocycles. The highest BCUT2D eigenvalue weighted by molar-refractivity contribution is 7.94. The van der Waals surface area contributed by atoms with Gasteiger partial charge in [0.2, 0.25) is 5.91 Å². The molecule has 2 aromatic rings. The molecule has 13 heteroatoms. The van der Waals surface area contributed by atoms with E-state index in [2.05, 4.69) is 30.6 Å². The number of carbonyl (C=O) groups is 1. The Bertz CT molecular complexity index is 1120. The molecular weight excluding hydrogens is 436 g/mol. The van der Waals surface area contributed by atoms with Gasteiger partial charge in [0.25, 0.3) is 0 Å². The van der Waals surface area contributed by atoms with Crippen molar-refractivity contribution in [1.82, 2.24) is 40.2 Å². The number of tetrazole rings is 1. The topological polar surface area (TPSA) is 147 Å². The number of piperidine rings is 1. The quantitative estimate of drug-likeness (QED) is 0.617. The summed E-state index contributed by atoms with van der Waals surface area (Å²) in [5, 5.41) is 30.9. The van der Waals surface area contributed by atoms with Gasteiger partial charge in [-0.1, -0.05) is 0 Å². The Morgan fingerprint density at radius 1 is 1.19 bits per heavy atom. The molecule has 1 spiro atoms. The number of hydrogen-bond acceptors (Lipinski definition) is 10. The van der Waals surface area contributed by atoms with E-state index in [0.29, 0.717) is 43.1 Å². The van der Waals surface area contributed by atoms with E-state index in [1.807, 2.05) is 0 Å². The van der Waals surface area contributed by atoms with Crippen molar-refractivity contribution in [2.45, 2.75) is 31.8 Å². The molecule has 12 nitrogen and oxygen atoms in total. The van der Waals surface area contributed by atoms with Crippen LogP contribution in [0.2, 0.25) is 0 Å². The maximum absolute atomic E-state index is 12.6. The average Bonchev–Trinajstić information content (AvgIpc) is 3.50. The molecule has 170 valence electrons. The maximum atomic E-state index is 12.6. The number of sulfone groups is 1. The molecule has 1 amide bonds. The summed E-state index contributed by atoms with van der Waals surface area (Å²) >= 11 is 0. The zero-order valence-electron chi connectivity index (χ0n) is 17.4. The van der Waals surface area contributed by atoms with E-state index in [0.717, 1.165) is 25.9 Å². The van der Waals surface area contributed by atoms with Crippen molar-refractivity contribution in [3.8, 4) is 5.82 Å². The van der Waals surface area contributed by atoms with Crippen LogP contribution in [0.15, 0.2) is 29.6 Å². The molecule has 2 saturated heterocycles. The average molecular weight is 461 g/mol. The molecule has 0 aromatic carbocycles. The number of aliphatic hydroxyl groups is 1. The predicted octanol–water partition coefficient (Wildman–Crippen LogP) is -0.540. The molecule has 0 saturated carbocycles. The standard InChI is InChI=1S/C19H24N8O4S/c28-16(15-1-2-17(22-21-15)27-13-20-23-24-27)10-25-6-4-19(5-7-25)9-18(29)26(12-19)14-3-8-32(30,31)11-14/h1-2,11,13,16,28H,3-10,12H2. The predicted molar refractivity (Wildman–Crippen MR) is 111 cm³/mol. The Kier molecular flexibility index (Phi) is 5.26. The molecule has 1 unspecified atom stereocenters. The number of amides is 1. The number of aromatic nitrogens is 6. The second-order valence-electron chi connectivity index (χ2n) is 8.77. The first-order chi connectivity index (χ1) is 15.3. The van der Waals surface area contributed by atoms with Crippen LogP contribution in [0.1, 0.15) is 37.5 Å². The largest absolute Gasteiger partial charge is 0.385 e. The van der Waals surface area contributed by atoms with Gasteiger partial charge in [0, 0.05) is 31.6 Å². The third kappa shape index (κ3) is 4.14. The van der Waals surface area contributed by atoms with E-state index in [1.54, 1.807) is 17.0 Å². The number of carbonyl (C=O) groups excluding carboxylic acids is 1. The fraction of sp³-hybridized carbons (Fsp3) is 0.579. The van der Waals surface area contributed by atoms with Crippen molar-refractivity contribution in [2.24, 2.45) is 5.41 Å². The highest BCUT2D eigenvalue weighted by Gasteiger charge is 2.46. The van der Waals surface area contributed by atoms with Crippen LogP contribution in [-0.2, 0) is 14.6 Å². The normalized spacial score (nSPS) is 23.6. The lowest BCUT2D eigenvalue weighted by Gasteiger charge is -2.39. The molecule has 0 radical (unpaired) electrons. The molecule has 0 bridgehead atoms. The van der Waals surface area contributed by atoms with Crippen molar-refractivity contribution in [1.29, 1.82) is 0 Å². The number of likely N-dealkylation sites (tertiary alicyclic amines) is 2. The van der Waals surface area contributed by atoms with Gasteiger partial charge in [-0.2, -0.15) is 9.78 Å². The molecule has 1 atom stereocenters. The summed E-state index contributed by atoms with van der Waals surface area (Å²) in [5.74, 6) is 0.566. The van der Waals surface area contributed by atoms with Crippen molar-refractivity contribution in [3.63, 3.8) is 0 Å². The van der Waals surface area contributed by atoms with Gasteiger partial charge >= 0.3 is 0 Å². The molecule has 2 aromatic heterocycles. The van der Waals surface area contributed by atoms with Crippen LogP contribution in [0.3, 0.4) is 0 Å². The summed E-state index contributed by atoms with van der Waals surface area (Å²) in [7, 11) is -3.18. The van der Waals surface area contributed by atoms with Gasteiger partial charge < -0.3 is 14.9 Å². The third-order valence-corrected chi connectivity index (χ3v) is 7.97. The Morgan fingerprint density at radius 3 is 2.62 bits per heavy atom. The van der Waals surface area contributed by atoms with Crippen molar-refractivity contribution >= 4 is 15.7 Å². The van der Waals surface area contributed by atoms with E-state index in [4.69, 9.17) is 0 Å². The molecule has 32 heavy (non-hydrogen) atoms. The highest BCUT2D eigenvalue weighted by atomic mass is 32.2. The zero-order valence-corrected chi connectivity index (χ0v) is 18.2. The molecule has 2 fully saturated rings. The van der Waals surface area contributed by atoms with Gasteiger partial charge in [-0.15, -0.1) is 10.2 Å². The second kappa shape index (κ2) is 7.98. The van der Waals surface area contributed by atoms with Crippen LogP contribution in [0.4, 0.5) is 0 Å². The Balaban J connectivity index is 1.17. The monoisotopic (exact) mass is 460 g/mol. The number of hydrogen-bond donors (Lipinski definition) is 1. The van der Waals surface area contributed by atoms with Crippen molar-refractivity contribution < 1.29 is 18.3 Å². The summed E-state index contributed by atoms with van der Waals surface area (Å²) in [6.45, 7) is 2.51. The molecular formula is C19H24N8O4S. The number of allylic oxidation sites excluding steroid dienone is 1. The minimum atomic E-state index is -3.18. The maximum Gasteiger partial charge on any atom is 0.227 e. The minimum absolute atomic E-state index is 0.0137. The molecule has 3 aliphatic rings. The first-order valence-electron chi connectivity index (χ1n) is 10.5. The lowest BCUT2D eigenvalue weighted by atomic mass is 9.77. The van der Waals surface area contributed by atoms with E-state index in [9.17, 15) is 18.3 Å². The Labute approximate surface area is 184 Å². The van der Waals surface area contributed by atoms with Crippen LogP contribution < -0.4 is 0 Å². The van der Waals surface area contributed by atoms with Gasteiger partial charge in [-0.3, -0.25) is 4.79 Å². The van der Waals surface area contributed by atoms with Gasteiger partial charge in [0.15, 0.2) is 15.7 Å². The highest BCUT2D eigenvalue weighted by Crippen LogP contribution is 2.43. The fourth-order valence-electron chi connectivity index (χ4n) is 4.71. The molecule has 5 rings (SSSR count). The lowest BCUT2D eigenvalue weighted by molar-refractivity contribution is -0.126. The molecule has 0 aliphatic carbocycles. The van der Waals surface area contributed by atoms with Crippen LogP contribution >= 0.6 is 0 Å². The van der Waals surface area contributed by atoms with E-state index in [1.165, 1.54) is 16.4 Å². The summed E-state index contributed by atoms with van der Waals surface area (Å²) in [6.07, 6.45) is 3.15. The summed E-state index contributed by atoms with van der Waals surface area (Å²) in [5.41, 5.74) is 0.978. The van der Waals surface area contributed by atoms with Crippen LogP contribution in [0, 0.1) is 5.41 Å². The summed E-state index contributed by atoms with van der Waals surface area (Å²) in [4.78, 5) is 16.5. The molecule has 3 aliphatic heterocycles. The summed E-state index contributed by atoms with van der Waals surface area (Å²) < 4.78 is 24.9. The van der Waals surface area contributed by atoms with Crippen molar-refractivity contribution in [3.05, 3.63) is 35.3 Å². The number of aliphatic hydroxyl groups excluding tert-OH is 1. The van der Waals surface area contributed by atoms with Gasteiger partial charge in [0.1, 0.15) is 12.4 Å². The first-order valence-corrected chi connectivity index (χ1v) is 12.3. The first kappa shape index (κ1) is 21.1.